The van der Waals surface area contributed by atoms with Crippen LogP contribution in [0.2, 0.25) is 0 Å². The van der Waals surface area contributed by atoms with Gasteiger partial charge in [-0.25, -0.2) is 0 Å². The third-order valence-corrected chi connectivity index (χ3v) is 0.809. The Bertz CT molecular complexity index is 206. The van der Waals surface area contributed by atoms with Crippen LogP contribution in [0.25, 0.3) is 0 Å². The summed E-state index contributed by atoms with van der Waals surface area (Å²) < 4.78 is 1.51. The summed E-state index contributed by atoms with van der Waals surface area (Å²) in [6, 6.07) is 0. The quantitative estimate of drug-likeness (QED) is 0.537. The van der Waals surface area contributed by atoms with Gasteiger partial charge in [-0.1, -0.05) is 5.21 Å². The number of aryl methyl sites for hydroxylation is 1. The Kier molecular flexibility index (Phi) is 1.44. The fourth-order valence-corrected chi connectivity index (χ4v) is 0.474. The Morgan fingerprint density at radius 2 is 2.67 bits per heavy atom. The predicted octanol–water partition coefficient (Wildman–Crippen LogP) is -0.617. The second-order valence-electron chi connectivity index (χ2n) is 1.54. The third kappa shape index (κ3) is 1.25. The maximum atomic E-state index is 9.80. The molecule has 1 amide bonds. The van der Waals surface area contributed by atoms with E-state index in [1.807, 2.05) is 0 Å². The Morgan fingerprint density at radius 1 is 1.89 bits per heavy atom. The minimum Gasteiger partial charge on any atom is -0.310 e. The number of aromatic nitrogens is 3. The number of rotatable bonds is 2. The van der Waals surface area contributed by atoms with Gasteiger partial charge in [-0.2, -0.15) is 0 Å². The number of anilines is 1. The summed E-state index contributed by atoms with van der Waals surface area (Å²) in [5, 5.41) is 9.51. The molecule has 5 heteroatoms. The summed E-state index contributed by atoms with van der Waals surface area (Å²) in [5.41, 5.74) is 0. The Hall–Kier alpha value is -1.39. The first-order valence-electron chi connectivity index (χ1n) is 2.39. The SMILES string of the molecule is Cn1cc(NC=O)nn1. The molecule has 0 atom stereocenters. The highest BCUT2D eigenvalue weighted by Crippen LogP contribution is 1.93. The van der Waals surface area contributed by atoms with Crippen LogP contribution in [0.1, 0.15) is 0 Å². The minimum atomic E-state index is 0.465. The van der Waals surface area contributed by atoms with Gasteiger partial charge in [0.15, 0.2) is 5.82 Å². The molecular weight excluding hydrogens is 120 g/mol. The van der Waals surface area contributed by atoms with Crippen molar-refractivity contribution in [3.63, 3.8) is 0 Å². The number of amides is 1. The average Bonchev–Trinajstić information content (AvgIpc) is 2.17. The van der Waals surface area contributed by atoms with Crippen LogP contribution < -0.4 is 5.32 Å². The van der Waals surface area contributed by atoms with E-state index in [0.717, 1.165) is 0 Å². The van der Waals surface area contributed by atoms with Crippen molar-refractivity contribution in [3.8, 4) is 0 Å². The molecule has 0 radical (unpaired) electrons. The van der Waals surface area contributed by atoms with Gasteiger partial charge < -0.3 is 5.32 Å². The van der Waals surface area contributed by atoms with Crippen LogP contribution in [0.5, 0.6) is 0 Å². The monoisotopic (exact) mass is 126 g/mol. The molecule has 1 heterocycles. The van der Waals surface area contributed by atoms with Crippen molar-refractivity contribution >= 4 is 12.2 Å². The molecule has 0 spiro atoms. The van der Waals surface area contributed by atoms with Crippen molar-refractivity contribution in [1.29, 1.82) is 0 Å². The number of carbonyl (C=O) groups excluding carboxylic acids is 1. The van der Waals surface area contributed by atoms with Crippen LogP contribution >= 0.6 is 0 Å². The fraction of sp³-hybridized carbons (Fsp3) is 0.250. The van der Waals surface area contributed by atoms with Crippen LogP contribution in [0.4, 0.5) is 5.82 Å². The van der Waals surface area contributed by atoms with Crippen molar-refractivity contribution in [3.05, 3.63) is 6.20 Å². The molecule has 1 rings (SSSR count). The Balaban J connectivity index is 2.72. The average molecular weight is 126 g/mol. The summed E-state index contributed by atoms with van der Waals surface area (Å²) >= 11 is 0. The zero-order chi connectivity index (χ0) is 6.69. The van der Waals surface area contributed by atoms with E-state index in [4.69, 9.17) is 0 Å². The molecular formula is C4H6N4O. The second-order valence-corrected chi connectivity index (χ2v) is 1.54. The molecule has 0 aromatic carbocycles. The molecule has 9 heavy (non-hydrogen) atoms. The molecule has 1 aromatic rings. The standard InChI is InChI=1S/C4H6N4O/c1-8-2-4(5-3-9)6-7-8/h2-3H,1H3,(H,5,9). The lowest BCUT2D eigenvalue weighted by Crippen LogP contribution is -1.92. The van der Waals surface area contributed by atoms with Gasteiger partial charge in [0, 0.05) is 7.05 Å². The van der Waals surface area contributed by atoms with Gasteiger partial charge in [-0.15, -0.1) is 5.10 Å². The number of hydrogen-bond acceptors (Lipinski definition) is 3. The summed E-state index contributed by atoms with van der Waals surface area (Å²) in [6.45, 7) is 0. The van der Waals surface area contributed by atoms with Crippen molar-refractivity contribution in [2.75, 3.05) is 5.32 Å². The van der Waals surface area contributed by atoms with Crippen molar-refractivity contribution in [1.82, 2.24) is 15.0 Å². The van der Waals surface area contributed by atoms with Crippen LogP contribution in [0.3, 0.4) is 0 Å². The van der Waals surface area contributed by atoms with Crippen LogP contribution in [-0.4, -0.2) is 21.4 Å². The summed E-state index contributed by atoms with van der Waals surface area (Å²) in [4.78, 5) is 9.80. The first kappa shape index (κ1) is 5.74. The maximum Gasteiger partial charge on any atom is 0.212 e. The lowest BCUT2D eigenvalue weighted by molar-refractivity contribution is -0.105. The molecule has 0 aliphatic carbocycles. The highest BCUT2D eigenvalue weighted by molar-refractivity contribution is 5.67. The van der Waals surface area contributed by atoms with E-state index in [-0.39, 0.29) is 0 Å². The third-order valence-electron chi connectivity index (χ3n) is 0.809. The van der Waals surface area contributed by atoms with Crippen LogP contribution in [0, 0.1) is 0 Å². The molecule has 0 saturated heterocycles. The molecule has 1 aromatic heterocycles. The van der Waals surface area contributed by atoms with E-state index in [0.29, 0.717) is 12.2 Å². The smallest absolute Gasteiger partial charge is 0.212 e. The van der Waals surface area contributed by atoms with E-state index in [1.165, 1.54) is 4.68 Å². The van der Waals surface area contributed by atoms with E-state index < -0.39 is 0 Å². The first-order valence-corrected chi connectivity index (χ1v) is 2.39. The molecule has 0 aliphatic heterocycles. The van der Waals surface area contributed by atoms with Gasteiger partial charge >= 0.3 is 0 Å². The molecule has 1 N–H and O–H groups in total. The summed E-state index contributed by atoms with van der Waals surface area (Å²) in [6.07, 6.45) is 2.17. The van der Waals surface area contributed by atoms with Crippen LogP contribution in [0.15, 0.2) is 6.20 Å². The van der Waals surface area contributed by atoms with E-state index in [9.17, 15) is 4.79 Å². The lowest BCUT2D eigenvalue weighted by Gasteiger charge is -1.82. The van der Waals surface area contributed by atoms with Gasteiger partial charge in [-0.05, 0) is 0 Å². The topological polar surface area (TPSA) is 59.8 Å². The number of nitrogens with zero attached hydrogens (tertiary/aromatic N) is 3. The number of hydrogen-bond donors (Lipinski definition) is 1. The lowest BCUT2D eigenvalue weighted by atomic mass is 10.7. The van der Waals surface area contributed by atoms with Crippen molar-refractivity contribution < 1.29 is 4.79 Å². The van der Waals surface area contributed by atoms with Gasteiger partial charge in [0.05, 0.1) is 6.20 Å². The molecule has 0 fully saturated rings. The zero-order valence-corrected chi connectivity index (χ0v) is 4.90. The number of carbonyl (C=O) groups is 1. The Morgan fingerprint density at radius 3 is 3.11 bits per heavy atom. The largest absolute Gasteiger partial charge is 0.310 e. The van der Waals surface area contributed by atoms with Gasteiger partial charge in [0.2, 0.25) is 6.41 Å². The van der Waals surface area contributed by atoms with E-state index in [1.54, 1.807) is 13.2 Å². The zero-order valence-electron chi connectivity index (χ0n) is 4.90. The Labute approximate surface area is 51.7 Å². The highest BCUT2D eigenvalue weighted by atomic mass is 16.1. The van der Waals surface area contributed by atoms with E-state index >= 15 is 0 Å². The van der Waals surface area contributed by atoms with Crippen molar-refractivity contribution in [2.24, 2.45) is 7.05 Å². The maximum absolute atomic E-state index is 9.80. The van der Waals surface area contributed by atoms with Crippen LogP contribution in [-0.2, 0) is 11.8 Å². The van der Waals surface area contributed by atoms with Gasteiger partial charge in [0.25, 0.3) is 0 Å². The number of nitrogens with one attached hydrogen (secondary N) is 1. The molecule has 0 unspecified atom stereocenters. The van der Waals surface area contributed by atoms with E-state index in [2.05, 4.69) is 15.6 Å². The molecule has 0 aliphatic rings. The van der Waals surface area contributed by atoms with Crippen molar-refractivity contribution in [2.45, 2.75) is 0 Å². The molecule has 0 bridgehead atoms. The van der Waals surface area contributed by atoms with Gasteiger partial charge in [-0.3, -0.25) is 9.48 Å². The molecule has 48 valence electrons. The summed E-state index contributed by atoms with van der Waals surface area (Å²) in [7, 11) is 1.73. The predicted molar refractivity (Wildman–Crippen MR) is 30.7 cm³/mol. The first-order chi connectivity index (χ1) is 4.33. The minimum absolute atomic E-state index is 0.465. The fourth-order valence-electron chi connectivity index (χ4n) is 0.474. The molecule has 0 saturated carbocycles. The summed E-state index contributed by atoms with van der Waals surface area (Å²) in [5.74, 6) is 0.465. The van der Waals surface area contributed by atoms with Gasteiger partial charge in [0.1, 0.15) is 0 Å². The molecule has 5 nitrogen and oxygen atoms in total. The second kappa shape index (κ2) is 2.25. The highest BCUT2D eigenvalue weighted by Gasteiger charge is 1.91. The normalized spacial score (nSPS) is 9.00.